The second-order valence-electron chi connectivity index (χ2n) is 6.06. The minimum absolute atomic E-state index is 0.0104. The van der Waals surface area contributed by atoms with Crippen molar-refractivity contribution in [3.63, 3.8) is 0 Å². The molecule has 2 aromatic heterocycles. The van der Waals surface area contributed by atoms with Crippen LogP contribution >= 0.6 is 11.3 Å². The maximum atomic E-state index is 12.2. The number of aromatic nitrogens is 3. The maximum Gasteiger partial charge on any atom is 0.338 e. The van der Waals surface area contributed by atoms with Gasteiger partial charge < -0.3 is 9.47 Å². The Morgan fingerprint density at radius 1 is 1.23 bits per heavy atom. The zero-order valence-electron chi connectivity index (χ0n) is 14.8. The summed E-state index contributed by atoms with van der Waals surface area (Å²) in [4.78, 5) is 28.8. The van der Waals surface area contributed by atoms with Crippen molar-refractivity contribution in [2.24, 2.45) is 0 Å². The van der Waals surface area contributed by atoms with Crippen LogP contribution in [0.4, 0.5) is 0 Å². The lowest BCUT2D eigenvalue weighted by molar-refractivity contribution is 0.0470. The smallest absolute Gasteiger partial charge is 0.338 e. The third kappa shape index (κ3) is 4.33. The fraction of sp³-hybridized carbons (Fsp3) is 0.333. The highest BCUT2D eigenvalue weighted by atomic mass is 32.1. The zero-order chi connectivity index (χ0) is 18.7. The van der Waals surface area contributed by atoms with Crippen molar-refractivity contribution in [3.8, 4) is 0 Å². The highest BCUT2D eigenvalue weighted by molar-refractivity contribution is 7.16. The van der Waals surface area contributed by atoms with Gasteiger partial charge >= 0.3 is 5.97 Å². The Balaban J connectivity index is 1.63. The lowest BCUT2D eigenvalue weighted by Crippen LogP contribution is -2.14. The van der Waals surface area contributed by atoms with Gasteiger partial charge in [0.25, 0.3) is 5.56 Å². The number of hydrogen-bond acceptors (Lipinski definition) is 7. The number of aryl methyl sites for hydroxylation is 1. The molecule has 0 N–H and O–H groups in total. The number of benzene rings is 1. The summed E-state index contributed by atoms with van der Waals surface area (Å²) in [6.45, 7) is 6.18. The first kappa shape index (κ1) is 18.2. The topological polar surface area (TPSA) is 82.8 Å². The first-order valence-electron chi connectivity index (χ1n) is 8.16. The van der Waals surface area contributed by atoms with E-state index in [4.69, 9.17) is 9.47 Å². The Labute approximate surface area is 154 Å². The largest absolute Gasteiger partial charge is 0.455 e. The molecule has 0 aliphatic heterocycles. The summed E-state index contributed by atoms with van der Waals surface area (Å²) < 4.78 is 12.0. The molecule has 2 heterocycles. The van der Waals surface area contributed by atoms with Crippen molar-refractivity contribution in [1.82, 2.24) is 14.6 Å². The molecule has 3 rings (SSSR count). The van der Waals surface area contributed by atoms with E-state index < -0.39 is 5.97 Å². The van der Waals surface area contributed by atoms with E-state index in [1.165, 1.54) is 21.9 Å². The molecule has 0 atom stereocenters. The van der Waals surface area contributed by atoms with E-state index in [1.54, 1.807) is 19.1 Å². The molecule has 0 bridgehead atoms. The van der Waals surface area contributed by atoms with Crippen LogP contribution in [0.15, 0.2) is 35.1 Å². The quantitative estimate of drug-likeness (QED) is 0.618. The van der Waals surface area contributed by atoms with Crippen LogP contribution in [0.1, 0.15) is 40.5 Å². The molecule has 0 fully saturated rings. The molecule has 3 aromatic rings. The normalized spacial score (nSPS) is 11.2. The molecule has 0 saturated carbocycles. The van der Waals surface area contributed by atoms with E-state index in [9.17, 15) is 9.59 Å². The van der Waals surface area contributed by atoms with Crippen molar-refractivity contribution < 1.29 is 14.3 Å². The van der Waals surface area contributed by atoms with Crippen LogP contribution in [-0.2, 0) is 22.7 Å². The molecular weight excluding hydrogens is 354 g/mol. The van der Waals surface area contributed by atoms with Gasteiger partial charge in [-0.1, -0.05) is 23.5 Å². The Morgan fingerprint density at radius 2 is 1.96 bits per heavy atom. The van der Waals surface area contributed by atoms with Crippen molar-refractivity contribution >= 4 is 22.3 Å². The third-order valence-electron chi connectivity index (χ3n) is 3.51. The Hall–Kier alpha value is -2.58. The molecule has 1 aromatic carbocycles. The van der Waals surface area contributed by atoms with Crippen LogP contribution < -0.4 is 5.56 Å². The predicted octanol–water partition coefficient (Wildman–Crippen LogP) is 2.74. The molecule has 136 valence electrons. The van der Waals surface area contributed by atoms with E-state index in [0.717, 1.165) is 5.56 Å². The van der Waals surface area contributed by atoms with Crippen molar-refractivity contribution in [2.75, 3.05) is 0 Å². The molecule has 0 aliphatic carbocycles. The number of carbonyl (C=O) groups excluding carboxylic acids is 1. The summed E-state index contributed by atoms with van der Waals surface area (Å²) in [6.07, 6.45) is 0.152. The lowest BCUT2D eigenvalue weighted by Gasteiger charge is -2.08. The number of rotatable bonds is 6. The van der Waals surface area contributed by atoms with Gasteiger partial charge in [0.15, 0.2) is 5.01 Å². The summed E-state index contributed by atoms with van der Waals surface area (Å²) in [5, 5.41) is 4.65. The van der Waals surface area contributed by atoms with Gasteiger partial charge in [-0.05, 0) is 38.5 Å². The Kier molecular flexibility index (Phi) is 5.43. The van der Waals surface area contributed by atoms with E-state index in [-0.39, 0.29) is 18.3 Å². The van der Waals surface area contributed by atoms with Gasteiger partial charge in [-0.3, -0.25) is 4.79 Å². The molecule has 8 heteroatoms. The van der Waals surface area contributed by atoms with E-state index >= 15 is 0 Å². The maximum absolute atomic E-state index is 12.2. The molecule has 7 nitrogen and oxygen atoms in total. The average molecular weight is 373 g/mol. The second-order valence-corrected chi connectivity index (χ2v) is 7.10. The molecule has 0 saturated heterocycles. The van der Waals surface area contributed by atoms with Gasteiger partial charge in [0.05, 0.1) is 18.3 Å². The number of ether oxygens (including phenoxy) is 2. The molecule has 0 aliphatic rings. The fourth-order valence-electron chi connectivity index (χ4n) is 2.23. The van der Waals surface area contributed by atoms with Crippen LogP contribution in [0, 0.1) is 6.92 Å². The number of esters is 1. The van der Waals surface area contributed by atoms with E-state index in [0.29, 0.717) is 27.8 Å². The molecular formula is C18H19N3O4S. The van der Waals surface area contributed by atoms with Crippen molar-refractivity contribution in [3.05, 3.63) is 62.5 Å². The third-order valence-corrected chi connectivity index (χ3v) is 4.40. The first-order valence-corrected chi connectivity index (χ1v) is 8.98. The van der Waals surface area contributed by atoms with Gasteiger partial charge in [-0.15, -0.1) is 0 Å². The van der Waals surface area contributed by atoms with Gasteiger partial charge in [0.1, 0.15) is 6.61 Å². The average Bonchev–Trinajstić information content (AvgIpc) is 3.01. The van der Waals surface area contributed by atoms with Crippen LogP contribution in [0.25, 0.3) is 4.96 Å². The second kappa shape index (κ2) is 7.76. The van der Waals surface area contributed by atoms with Crippen LogP contribution in [0.2, 0.25) is 0 Å². The number of hydrogen-bond donors (Lipinski definition) is 0. The van der Waals surface area contributed by atoms with Crippen LogP contribution in [-0.4, -0.2) is 26.7 Å². The van der Waals surface area contributed by atoms with Gasteiger partial charge in [0.2, 0.25) is 4.96 Å². The van der Waals surface area contributed by atoms with E-state index in [1.807, 2.05) is 26.0 Å². The summed E-state index contributed by atoms with van der Waals surface area (Å²) in [5.74, 6) is -0.447. The predicted molar refractivity (Wildman–Crippen MR) is 97.4 cm³/mol. The fourth-order valence-corrected chi connectivity index (χ4v) is 3.09. The number of carbonyl (C=O) groups is 1. The first-order chi connectivity index (χ1) is 12.4. The number of fused-ring (bicyclic) bond motifs is 1. The summed E-state index contributed by atoms with van der Waals surface area (Å²) in [7, 11) is 0. The summed E-state index contributed by atoms with van der Waals surface area (Å²) in [5.41, 5.74) is 1.82. The summed E-state index contributed by atoms with van der Waals surface area (Å²) >= 11 is 1.22. The molecule has 0 amide bonds. The zero-order valence-corrected chi connectivity index (χ0v) is 15.6. The lowest BCUT2D eigenvalue weighted by atomic mass is 10.1. The van der Waals surface area contributed by atoms with Crippen molar-refractivity contribution in [1.29, 1.82) is 0 Å². The van der Waals surface area contributed by atoms with Crippen LogP contribution in [0.5, 0.6) is 0 Å². The van der Waals surface area contributed by atoms with Crippen LogP contribution in [0.3, 0.4) is 0 Å². The summed E-state index contributed by atoms with van der Waals surface area (Å²) in [6, 6.07) is 8.49. The molecule has 26 heavy (non-hydrogen) atoms. The highest BCUT2D eigenvalue weighted by Crippen LogP contribution is 2.14. The Morgan fingerprint density at radius 3 is 2.65 bits per heavy atom. The monoisotopic (exact) mass is 373 g/mol. The molecule has 0 radical (unpaired) electrons. The molecule has 0 spiro atoms. The number of nitrogens with zero attached hydrogens (tertiary/aromatic N) is 3. The standard InChI is InChI=1S/C18H19N3O4S/c1-11(2)24-9-13-4-6-14(7-5-13)17(23)25-10-15-20-21-16(22)8-12(3)19-18(21)26-15/h4-8,11H,9-10H2,1-3H3. The molecule has 0 unspecified atom stereocenters. The van der Waals surface area contributed by atoms with Crippen molar-refractivity contribution in [2.45, 2.75) is 40.1 Å². The van der Waals surface area contributed by atoms with Gasteiger partial charge in [-0.25, -0.2) is 9.78 Å². The van der Waals surface area contributed by atoms with E-state index in [2.05, 4.69) is 10.1 Å². The minimum atomic E-state index is -0.447. The minimum Gasteiger partial charge on any atom is -0.455 e. The van der Waals surface area contributed by atoms with Gasteiger partial charge in [0, 0.05) is 11.8 Å². The Bertz CT molecular complexity index is 976. The van der Waals surface area contributed by atoms with Gasteiger partial charge in [-0.2, -0.15) is 9.61 Å². The SMILES string of the molecule is Cc1cc(=O)n2nc(COC(=O)c3ccc(COC(C)C)cc3)sc2n1. The highest BCUT2D eigenvalue weighted by Gasteiger charge is 2.12.